The zero-order valence-corrected chi connectivity index (χ0v) is 18.4. The highest BCUT2D eigenvalue weighted by Crippen LogP contribution is 2.26. The third-order valence-corrected chi connectivity index (χ3v) is 4.57. The maximum absolute atomic E-state index is 13.5. The Hall–Kier alpha value is -1.17. The van der Waals surface area contributed by atoms with Crippen molar-refractivity contribution >= 4 is 52.9 Å². The fourth-order valence-corrected chi connectivity index (χ4v) is 3.08. The second kappa shape index (κ2) is 12.3. The monoisotopic (exact) mass is 531 g/mol. The Balaban J connectivity index is 0.00000364. The molecule has 5 nitrogen and oxygen atoms in total. The number of aliphatic hydroxyl groups excluding tert-OH is 1. The van der Waals surface area contributed by atoms with Gasteiger partial charge in [0.1, 0.15) is 18.5 Å². The maximum atomic E-state index is 13.5. The van der Waals surface area contributed by atoms with E-state index in [-0.39, 0.29) is 42.9 Å². The van der Waals surface area contributed by atoms with Crippen LogP contribution < -0.4 is 15.4 Å². The summed E-state index contributed by atoms with van der Waals surface area (Å²) in [5.74, 6) is -0.916. The average Bonchev–Trinajstić information content (AvgIpc) is 3.04. The van der Waals surface area contributed by atoms with Gasteiger partial charge in [0, 0.05) is 17.5 Å². The van der Waals surface area contributed by atoms with Crippen LogP contribution in [-0.4, -0.2) is 37.3 Å². The van der Waals surface area contributed by atoms with Crippen molar-refractivity contribution in [1.29, 1.82) is 0 Å². The molecule has 150 valence electrons. The molecule has 2 rings (SSSR count). The van der Waals surface area contributed by atoms with Gasteiger partial charge in [-0.3, -0.25) is 4.99 Å². The van der Waals surface area contributed by atoms with Crippen molar-refractivity contribution in [3.05, 3.63) is 51.2 Å². The Kier molecular flexibility index (Phi) is 10.9. The van der Waals surface area contributed by atoms with Crippen LogP contribution in [0, 0.1) is 11.6 Å². The number of aliphatic hydroxyl groups is 1. The van der Waals surface area contributed by atoms with Crippen molar-refractivity contribution in [3.63, 3.8) is 0 Å². The van der Waals surface area contributed by atoms with Gasteiger partial charge in [0.15, 0.2) is 17.5 Å². The largest absolute Gasteiger partial charge is 0.489 e. The number of guanidine groups is 1. The van der Waals surface area contributed by atoms with Crippen LogP contribution in [0.3, 0.4) is 0 Å². The van der Waals surface area contributed by atoms with E-state index in [1.54, 1.807) is 12.1 Å². The van der Waals surface area contributed by atoms with Crippen molar-refractivity contribution in [2.75, 3.05) is 26.2 Å². The van der Waals surface area contributed by atoms with E-state index in [9.17, 15) is 13.9 Å². The molecule has 0 aliphatic carbocycles. The van der Waals surface area contributed by atoms with Gasteiger partial charge >= 0.3 is 0 Å². The Labute approximate surface area is 182 Å². The predicted octanol–water partition coefficient (Wildman–Crippen LogP) is 3.97. The summed E-state index contributed by atoms with van der Waals surface area (Å²) in [7, 11) is 0. The standard InChI is InChI=1S/C17H20ClF2N3O2S.HI/c1-2-21-17(23-10-13(24)15-5-6-16(18)26-15)22-7-8-25-14-4-3-11(19)9-12(14)20;/h3-6,9,13,24H,2,7-8,10H2,1H3,(H2,21,22,23);1H. The number of benzene rings is 1. The summed E-state index contributed by atoms with van der Waals surface area (Å²) in [6, 6.07) is 6.64. The molecule has 1 unspecified atom stereocenters. The Bertz CT molecular complexity index is 749. The fourth-order valence-electron chi connectivity index (χ4n) is 2.04. The zero-order chi connectivity index (χ0) is 18.9. The van der Waals surface area contributed by atoms with Gasteiger partial charge in [0.2, 0.25) is 0 Å². The lowest BCUT2D eigenvalue weighted by Gasteiger charge is -2.13. The van der Waals surface area contributed by atoms with Crippen molar-refractivity contribution < 1.29 is 18.6 Å². The van der Waals surface area contributed by atoms with E-state index in [2.05, 4.69) is 15.6 Å². The molecule has 1 aromatic heterocycles. The van der Waals surface area contributed by atoms with Gasteiger partial charge in [-0.05, 0) is 31.2 Å². The molecule has 0 amide bonds. The Morgan fingerprint density at radius 1 is 1.30 bits per heavy atom. The van der Waals surface area contributed by atoms with E-state index in [1.165, 1.54) is 17.4 Å². The number of hydrogen-bond acceptors (Lipinski definition) is 4. The second-order valence-electron chi connectivity index (χ2n) is 5.23. The minimum Gasteiger partial charge on any atom is -0.489 e. The van der Waals surface area contributed by atoms with E-state index in [0.29, 0.717) is 23.4 Å². The molecule has 0 radical (unpaired) electrons. The summed E-state index contributed by atoms with van der Waals surface area (Å²) in [5.41, 5.74) is 0. The van der Waals surface area contributed by atoms with Crippen LogP contribution in [-0.2, 0) is 0 Å². The smallest absolute Gasteiger partial charge is 0.191 e. The van der Waals surface area contributed by atoms with Crippen LogP contribution in [0.15, 0.2) is 35.3 Å². The second-order valence-corrected chi connectivity index (χ2v) is 6.97. The van der Waals surface area contributed by atoms with E-state index in [0.717, 1.165) is 17.0 Å². The van der Waals surface area contributed by atoms with E-state index < -0.39 is 17.7 Å². The van der Waals surface area contributed by atoms with Crippen molar-refractivity contribution in [1.82, 2.24) is 10.6 Å². The van der Waals surface area contributed by atoms with Crippen LogP contribution in [0.25, 0.3) is 0 Å². The third kappa shape index (κ3) is 8.16. The summed E-state index contributed by atoms with van der Waals surface area (Å²) in [6.45, 7) is 3.23. The first kappa shape index (κ1) is 23.9. The number of aliphatic imine (C=N–C) groups is 1. The Morgan fingerprint density at radius 2 is 2.07 bits per heavy atom. The summed E-state index contributed by atoms with van der Waals surface area (Å²) in [5, 5.41) is 16.2. The normalized spacial score (nSPS) is 12.3. The number of rotatable bonds is 8. The molecule has 1 aromatic carbocycles. The highest BCUT2D eigenvalue weighted by atomic mass is 127. The molecule has 0 spiro atoms. The molecule has 1 atom stereocenters. The Morgan fingerprint density at radius 3 is 2.70 bits per heavy atom. The van der Waals surface area contributed by atoms with Gasteiger partial charge in [-0.1, -0.05) is 11.6 Å². The summed E-state index contributed by atoms with van der Waals surface area (Å²) >= 11 is 7.16. The van der Waals surface area contributed by atoms with Crippen LogP contribution in [0.5, 0.6) is 5.75 Å². The van der Waals surface area contributed by atoms with Crippen molar-refractivity contribution in [2.45, 2.75) is 13.0 Å². The molecule has 1 heterocycles. The van der Waals surface area contributed by atoms with Gasteiger partial charge < -0.3 is 20.5 Å². The molecule has 10 heteroatoms. The zero-order valence-electron chi connectivity index (χ0n) is 14.5. The maximum Gasteiger partial charge on any atom is 0.191 e. The number of thiophene rings is 1. The lowest BCUT2D eigenvalue weighted by atomic mass is 10.3. The SMILES string of the molecule is CCNC(=NCC(O)c1ccc(Cl)s1)NCCOc1ccc(F)cc1F.I. The molecule has 0 fully saturated rings. The van der Waals surface area contributed by atoms with Crippen LogP contribution in [0.2, 0.25) is 4.34 Å². The molecule has 0 bridgehead atoms. The highest BCUT2D eigenvalue weighted by molar-refractivity contribution is 14.0. The molecular formula is C17H21ClF2IN3O2S. The number of nitrogens with one attached hydrogen (secondary N) is 2. The molecule has 2 aromatic rings. The van der Waals surface area contributed by atoms with E-state index in [4.69, 9.17) is 16.3 Å². The molecule has 27 heavy (non-hydrogen) atoms. The van der Waals surface area contributed by atoms with Crippen LogP contribution in [0.1, 0.15) is 17.9 Å². The van der Waals surface area contributed by atoms with Gasteiger partial charge in [0.25, 0.3) is 0 Å². The first-order chi connectivity index (χ1) is 12.5. The molecule has 3 N–H and O–H groups in total. The summed E-state index contributed by atoms with van der Waals surface area (Å²) < 4.78 is 32.2. The van der Waals surface area contributed by atoms with Gasteiger partial charge in [0.05, 0.1) is 17.4 Å². The number of halogens is 4. The lowest BCUT2D eigenvalue weighted by molar-refractivity contribution is 0.191. The molecule has 0 saturated carbocycles. The number of hydrogen-bond donors (Lipinski definition) is 3. The highest BCUT2D eigenvalue weighted by Gasteiger charge is 2.10. The molecule has 0 aliphatic heterocycles. The number of ether oxygens (including phenoxy) is 1. The van der Waals surface area contributed by atoms with Crippen LogP contribution in [0.4, 0.5) is 8.78 Å². The lowest BCUT2D eigenvalue weighted by Crippen LogP contribution is -2.39. The first-order valence-electron chi connectivity index (χ1n) is 8.03. The summed E-state index contributed by atoms with van der Waals surface area (Å²) in [6.07, 6.45) is -0.743. The molecule has 0 aliphatic rings. The van der Waals surface area contributed by atoms with Gasteiger partial charge in [-0.15, -0.1) is 35.3 Å². The van der Waals surface area contributed by atoms with Crippen LogP contribution >= 0.6 is 46.9 Å². The van der Waals surface area contributed by atoms with Crippen molar-refractivity contribution in [3.8, 4) is 5.75 Å². The quantitative estimate of drug-likeness (QED) is 0.209. The predicted molar refractivity (Wildman–Crippen MR) is 116 cm³/mol. The third-order valence-electron chi connectivity index (χ3n) is 3.23. The van der Waals surface area contributed by atoms with Gasteiger partial charge in [-0.2, -0.15) is 0 Å². The summed E-state index contributed by atoms with van der Waals surface area (Å²) in [4.78, 5) is 5.04. The molecular weight excluding hydrogens is 511 g/mol. The number of nitrogens with zero attached hydrogens (tertiary/aromatic N) is 1. The van der Waals surface area contributed by atoms with Gasteiger partial charge in [-0.25, -0.2) is 8.78 Å². The minimum absolute atomic E-state index is 0. The topological polar surface area (TPSA) is 65.9 Å². The first-order valence-corrected chi connectivity index (χ1v) is 9.22. The minimum atomic E-state index is -0.747. The van der Waals surface area contributed by atoms with E-state index >= 15 is 0 Å². The van der Waals surface area contributed by atoms with E-state index in [1.807, 2.05) is 6.92 Å². The fraction of sp³-hybridized carbons (Fsp3) is 0.353. The molecule has 0 saturated heterocycles. The average molecular weight is 532 g/mol. The van der Waals surface area contributed by atoms with Crippen molar-refractivity contribution in [2.24, 2.45) is 4.99 Å².